The minimum absolute atomic E-state index is 0.303. The van der Waals surface area contributed by atoms with Crippen LogP contribution in [0.1, 0.15) is 22.8 Å². The standard InChI is InChI=1S/C18H15FO2S2/c1-2-21-18(20)15-7-6-14(19)10-13(15)11-23-16-5-3-4-12-8-9-22-17(12)16/h3-10H,2,11H2,1H3. The summed E-state index contributed by atoms with van der Waals surface area (Å²) in [5, 5.41) is 3.26. The minimum atomic E-state index is -0.405. The molecule has 0 saturated carbocycles. The van der Waals surface area contributed by atoms with E-state index in [2.05, 4.69) is 17.5 Å². The summed E-state index contributed by atoms with van der Waals surface area (Å²) in [4.78, 5) is 13.1. The van der Waals surface area contributed by atoms with Gasteiger partial charge in [-0.2, -0.15) is 0 Å². The molecule has 3 rings (SSSR count). The number of fused-ring (bicyclic) bond motifs is 1. The Kier molecular flexibility index (Phi) is 4.98. The van der Waals surface area contributed by atoms with Gasteiger partial charge in [-0.05, 0) is 53.6 Å². The van der Waals surface area contributed by atoms with Crippen molar-refractivity contribution in [1.82, 2.24) is 0 Å². The van der Waals surface area contributed by atoms with Crippen molar-refractivity contribution < 1.29 is 13.9 Å². The second kappa shape index (κ2) is 7.15. The first kappa shape index (κ1) is 16.0. The van der Waals surface area contributed by atoms with Gasteiger partial charge in [0.2, 0.25) is 0 Å². The van der Waals surface area contributed by atoms with Crippen molar-refractivity contribution >= 4 is 39.2 Å². The molecule has 5 heteroatoms. The Morgan fingerprint density at radius 1 is 1.26 bits per heavy atom. The largest absolute Gasteiger partial charge is 0.462 e. The molecule has 0 saturated heterocycles. The SMILES string of the molecule is CCOC(=O)c1ccc(F)cc1CSc1cccc2ccsc12. The van der Waals surface area contributed by atoms with Crippen LogP contribution in [0.15, 0.2) is 52.7 Å². The van der Waals surface area contributed by atoms with Crippen LogP contribution in [0, 0.1) is 5.82 Å². The van der Waals surface area contributed by atoms with Crippen molar-refractivity contribution in [2.75, 3.05) is 6.61 Å². The zero-order valence-corrected chi connectivity index (χ0v) is 14.2. The number of hydrogen-bond donors (Lipinski definition) is 0. The van der Waals surface area contributed by atoms with Crippen molar-refractivity contribution in [3.05, 3.63) is 64.8 Å². The molecule has 3 aromatic rings. The fourth-order valence-electron chi connectivity index (χ4n) is 2.32. The molecule has 2 nitrogen and oxygen atoms in total. The van der Waals surface area contributed by atoms with Gasteiger partial charge in [0.1, 0.15) is 5.82 Å². The van der Waals surface area contributed by atoms with E-state index < -0.39 is 5.97 Å². The van der Waals surface area contributed by atoms with Gasteiger partial charge in [-0.1, -0.05) is 12.1 Å². The fourth-order valence-corrected chi connectivity index (χ4v) is 4.43. The van der Waals surface area contributed by atoms with E-state index in [-0.39, 0.29) is 5.82 Å². The molecule has 0 N–H and O–H groups in total. The van der Waals surface area contributed by atoms with Gasteiger partial charge in [-0.25, -0.2) is 9.18 Å². The van der Waals surface area contributed by atoms with Crippen LogP contribution in [0.25, 0.3) is 10.1 Å². The summed E-state index contributed by atoms with van der Waals surface area (Å²) in [5.41, 5.74) is 1.08. The Balaban J connectivity index is 1.86. The Labute approximate surface area is 142 Å². The number of rotatable bonds is 5. The number of thioether (sulfide) groups is 1. The van der Waals surface area contributed by atoms with Crippen LogP contribution in [0.4, 0.5) is 4.39 Å². The molecule has 118 valence electrons. The molecule has 0 bridgehead atoms. The lowest BCUT2D eigenvalue weighted by atomic mass is 10.1. The van der Waals surface area contributed by atoms with Crippen LogP contribution >= 0.6 is 23.1 Å². The average Bonchev–Trinajstić information content (AvgIpc) is 3.02. The number of thiophene rings is 1. The summed E-state index contributed by atoms with van der Waals surface area (Å²) in [6, 6.07) is 12.4. The zero-order chi connectivity index (χ0) is 16.2. The molecular weight excluding hydrogens is 331 g/mol. The minimum Gasteiger partial charge on any atom is -0.462 e. The highest BCUT2D eigenvalue weighted by Crippen LogP contribution is 2.34. The lowest BCUT2D eigenvalue weighted by molar-refractivity contribution is 0.0525. The highest BCUT2D eigenvalue weighted by Gasteiger charge is 2.14. The summed E-state index contributed by atoms with van der Waals surface area (Å²) >= 11 is 3.29. The fraction of sp³-hybridized carbons (Fsp3) is 0.167. The molecule has 0 spiro atoms. The number of halogens is 1. The number of benzene rings is 2. The molecule has 0 fully saturated rings. The van der Waals surface area contributed by atoms with Crippen LogP contribution in [-0.2, 0) is 10.5 Å². The van der Waals surface area contributed by atoms with Crippen molar-refractivity contribution in [3.8, 4) is 0 Å². The quantitative estimate of drug-likeness (QED) is 0.450. The number of carbonyl (C=O) groups is 1. The molecule has 1 aromatic heterocycles. The Morgan fingerprint density at radius 3 is 2.96 bits per heavy atom. The maximum absolute atomic E-state index is 13.6. The van der Waals surface area contributed by atoms with Crippen LogP contribution in [0.3, 0.4) is 0 Å². The lowest BCUT2D eigenvalue weighted by Crippen LogP contribution is -2.08. The van der Waals surface area contributed by atoms with E-state index in [0.29, 0.717) is 23.5 Å². The van der Waals surface area contributed by atoms with E-state index in [1.807, 2.05) is 12.1 Å². The average molecular weight is 346 g/mol. The predicted octanol–water partition coefficient (Wildman–Crippen LogP) is 5.51. The molecule has 0 unspecified atom stereocenters. The van der Waals surface area contributed by atoms with Crippen LogP contribution in [-0.4, -0.2) is 12.6 Å². The third kappa shape index (κ3) is 3.57. The summed E-state index contributed by atoms with van der Waals surface area (Å²) in [6.07, 6.45) is 0. The van der Waals surface area contributed by atoms with Gasteiger partial charge in [0.25, 0.3) is 0 Å². The molecule has 0 radical (unpaired) electrons. The van der Waals surface area contributed by atoms with E-state index >= 15 is 0 Å². The topological polar surface area (TPSA) is 26.3 Å². The predicted molar refractivity (Wildman–Crippen MR) is 93.7 cm³/mol. The molecule has 1 heterocycles. The van der Waals surface area contributed by atoms with E-state index in [1.54, 1.807) is 30.0 Å². The number of hydrogen-bond acceptors (Lipinski definition) is 4. The Morgan fingerprint density at radius 2 is 2.13 bits per heavy atom. The summed E-state index contributed by atoms with van der Waals surface area (Å²) in [6.45, 7) is 2.06. The van der Waals surface area contributed by atoms with E-state index in [1.165, 1.54) is 28.3 Å². The third-order valence-electron chi connectivity index (χ3n) is 3.39. The monoisotopic (exact) mass is 346 g/mol. The summed E-state index contributed by atoms with van der Waals surface area (Å²) in [7, 11) is 0. The van der Waals surface area contributed by atoms with Crippen molar-refractivity contribution in [2.24, 2.45) is 0 Å². The normalized spacial score (nSPS) is 10.9. The van der Waals surface area contributed by atoms with Gasteiger partial charge in [0.05, 0.1) is 12.2 Å². The zero-order valence-electron chi connectivity index (χ0n) is 12.5. The molecule has 0 atom stereocenters. The molecule has 0 amide bonds. The molecular formula is C18H15FO2S2. The van der Waals surface area contributed by atoms with Gasteiger partial charge in [-0.3, -0.25) is 0 Å². The second-order valence-corrected chi connectivity index (χ2v) is 6.84. The smallest absolute Gasteiger partial charge is 0.338 e. The van der Waals surface area contributed by atoms with Crippen molar-refractivity contribution in [3.63, 3.8) is 0 Å². The van der Waals surface area contributed by atoms with Gasteiger partial charge >= 0.3 is 5.97 Å². The van der Waals surface area contributed by atoms with Crippen molar-refractivity contribution in [1.29, 1.82) is 0 Å². The molecule has 0 aliphatic heterocycles. The molecule has 0 aliphatic rings. The summed E-state index contributed by atoms with van der Waals surface area (Å²) in [5.74, 6) is -0.233. The third-order valence-corrected chi connectivity index (χ3v) is 5.59. The Hall–Kier alpha value is -1.85. The first-order valence-corrected chi connectivity index (χ1v) is 9.10. The van der Waals surface area contributed by atoms with Gasteiger partial charge in [-0.15, -0.1) is 23.1 Å². The van der Waals surface area contributed by atoms with Crippen LogP contribution in [0.2, 0.25) is 0 Å². The van der Waals surface area contributed by atoms with Gasteiger partial charge in [0, 0.05) is 15.3 Å². The molecule has 2 aromatic carbocycles. The van der Waals surface area contributed by atoms with Crippen molar-refractivity contribution in [2.45, 2.75) is 17.6 Å². The van der Waals surface area contributed by atoms with Gasteiger partial charge < -0.3 is 4.74 Å². The second-order valence-electron chi connectivity index (χ2n) is 4.91. The van der Waals surface area contributed by atoms with Gasteiger partial charge in [0.15, 0.2) is 0 Å². The van der Waals surface area contributed by atoms with Crippen LogP contribution < -0.4 is 0 Å². The summed E-state index contributed by atoms with van der Waals surface area (Å²) < 4.78 is 19.8. The number of carbonyl (C=O) groups excluding carboxylic acids is 1. The number of esters is 1. The van der Waals surface area contributed by atoms with Crippen LogP contribution in [0.5, 0.6) is 0 Å². The number of ether oxygens (including phenoxy) is 1. The maximum atomic E-state index is 13.6. The molecule has 23 heavy (non-hydrogen) atoms. The first-order chi connectivity index (χ1) is 11.2. The maximum Gasteiger partial charge on any atom is 0.338 e. The van der Waals surface area contributed by atoms with E-state index in [9.17, 15) is 9.18 Å². The lowest BCUT2D eigenvalue weighted by Gasteiger charge is -2.09. The van der Waals surface area contributed by atoms with E-state index in [0.717, 1.165) is 4.90 Å². The Bertz CT molecular complexity index is 842. The highest BCUT2D eigenvalue weighted by molar-refractivity contribution is 7.98. The van der Waals surface area contributed by atoms with E-state index in [4.69, 9.17) is 4.74 Å². The highest BCUT2D eigenvalue weighted by atomic mass is 32.2. The first-order valence-electron chi connectivity index (χ1n) is 7.23. The molecule has 0 aliphatic carbocycles.